The van der Waals surface area contributed by atoms with Crippen LogP contribution in [0.5, 0.6) is 0 Å². The van der Waals surface area contributed by atoms with Crippen molar-refractivity contribution >= 4 is 8.32 Å². The zero-order valence-electron chi connectivity index (χ0n) is 15.8. The van der Waals surface area contributed by atoms with Crippen molar-refractivity contribution in [3.8, 4) is 11.8 Å². The van der Waals surface area contributed by atoms with Crippen molar-refractivity contribution in [1.82, 2.24) is 0 Å². The molecule has 130 valence electrons. The molecular formula is C19H38O2Si. The Kier molecular flexibility index (Phi) is 11.1. The second-order valence-electron chi connectivity index (χ2n) is 7.75. The first-order valence-corrected chi connectivity index (χ1v) is 11.9. The van der Waals surface area contributed by atoms with Crippen molar-refractivity contribution in [2.45, 2.75) is 103 Å². The average molecular weight is 327 g/mol. The van der Waals surface area contributed by atoms with Crippen molar-refractivity contribution in [3.63, 3.8) is 0 Å². The summed E-state index contributed by atoms with van der Waals surface area (Å²) < 4.78 is 6.13. The Hall–Kier alpha value is -0.303. The first kappa shape index (κ1) is 21.7. The maximum absolute atomic E-state index is 9.83. The molecular weight excluding hydrogens is 288 g/mol. The van der Waals surface area contributed by atoms with Crippen LogP contribution >= 0.6 is 0 Å². The van der Waals surface area contributed by atoms with E-state index in [1.165, 1.54) is 19.3 Å². The van der Waals surface area contributed by atoms with Gasteiger partial charge < -0.3 is 9.53 Å². The lowest BCUT2D eigenvalue weighted by Crippen LogP contribution is -2.40. The van der Waals surface area contributed by atoms with Gasteiger partial charge in [-0.3, -0.25) is 0 Å². The van der Waals surface area contributed by atoms with Gasteiger partial charge in [-0.1, -0.05) is 52.9 Å². The monoisotopic (exact) mass is 326 g/mol. The molecule has 1 atom stereocenters. The molecule has 0 saturated carbocycles. The Morgan fingerprint density at radius 1 is 1.05 bits per heavy atom. The van der Waals surface area contributed by atoms with Crippen LogP contribution in [0.3, 0.4) is 0 Å². The van der Waals surface area contributed by atoms with Gasteiger partial charge in [0.1, 0.15) is 6.10 Å². The van der Waals surface area contributed by atoms with Crippen LogP contribution in [-0.2, 0) is 4.43 Å². The van der Waals surface area contributed by atoms with Gasteiger partial charge in [-0.25, -0.2) is 0 Å². The molecule has 0 fully saturated rings. The highest BCUT2D eigenvalue weighted by Gasteiger charge is 2.36. The van der Waals surface area contributed by atoms with Gasteiger partial charge >= 0.3 is 0 Å². The summed E-state index contributed by atoms with van der Waals surface area (Å²) in [7, 11) is -1.61. The summed E-state index contributed by atoms with van der Waals surface area (Å²) in [5, 5.41) is 10.1. The summed E-state index contributed by atoms with van der Waals surface area (Å²) in [4.78, 5) is 0. The lowest BCUT2D eigenvalue weighted by molar-refractivity contribution is 0.209. The number of hydrogen-bond acceptors (Lipinski definition) is 2. The van der Waals surface area contributed by atoms with Gasteiger partial charge in [-0.05, 0) is 43.8 Å². The van der Waals surface area contributed by atoms with Crippen LogP contribution in [0.4, 0.5) is 0 Å². The standard InChI is InChI=1S/C19H38O2Si/c1-7-8-9-10-11-12-15-18(20)16-13-14-17-21-22(5,6)19(2,3)4/h18,20H,7-11,13-14,16-17H2,1-6H3. The van der Waals surface area contributed by atoms with Crippen molar-refractivity contribution in [2.24, 2.45) is 0 Å². The Morgan fingerprint density at radius 3 is 2.32 bits per heavy atom. The van der Waals surface area contributed by atoms with Crippen LogP contribution in [0.2, 0.25) is 18.1 Å². The zero-order chi connectivity index (χ0) is 17.1. The summed E-state index contributed by atoms with van der Waals surface area (Å²) in [5.41, 5.74) is 0. The number of aliphatic hydroxyl groups is 1. The Morgan fingerprint density at radius 2 is 1.73 bits per heavy atom. The molecule has 0 amide bonds. The van der Waals surface area contributed by atoms with Gasteiger partial charge in [-0.15, -0.1) is 5.92 Å². The largest absolute Gasteiger partial charge is 0.417 e. The van der Waals surface area contributed by atoms with E-state index in [1.807, 2.05) is 0 Å². The number of unbranched alkanes of at least 4 members (excludes halogenated alkanes) is 5. The average Bonchev–Trinajstić information content (AvgIpc) is 2.41. The van der Waals surface area contributed by atoms with Gasteiger partial charge in [-0.2, -0.15) is 0 Å². The molecule has 1 unspecified atom stereocenters. The van der Waals surface area contributed by atoms with Gasteiger partial charge in [0, 0.05) is 13.0 Å². The van der Waals surface area contributed by atoms with Crippen LogP contribution in [0.1, 0.15) is 79.1 Å². The molecule has 0 saturated heterocycles. The van der Waals surface area contributed by atoms with E-state index in [9.17, 15) is 5.11 Å². The fourth-order valence-electron chi connectivity index (χ4n) is 1.89. The maximum atomic E-state index is 9.83. The Balaban J connectivity index is 3.69. The van der Waals surface area contributed by atoms with Crippen LogP contribution in [0.25, 0.3) is 0 Å². The molecule has 0 radical (unpaired) electrons. The number of hydrogen-bond donors (Lipinski definition) is 1. The minimum Gasteiger partial charge on any atom is -0.417 e. The lowest BCUT2D eigenvalue weighted by atomic mass is 10.1. The summed E-state index contributed by atoms with van der Waals surface area (Å²) in [6.07, 6.45) is 8.20. The summed E-state index contributed by atoms with van der Waals surface area (Å²) >= 11 is 0. The minimum absolute atomic E-state index is 0.274. The summed E-state index contributed by atoms with van der Waals surface area (Å²) in [5.74, 6) is 6.07. The first-order chi connectivity index (χ1) is 10.2. The van der Waals surface area contributed by atoms with Gasteiger partial charge in [0.05, 0.1) is 0 Å². The second-order valence-corrected chi connectivity index (χ2v) is 12.6. The quantitative estimate of drug-likeness (QED) is 0.326. The van der Waals surface area contributed by atoms with E-state index in [4.69, 9.17) is 4.43 Å². The summed E-state index contributed by atoms with van der Waals surface area (Å²) in [6, 6.07) is 0. The molecule has 0 aliphatic heterocycles. The van der Waals surface area contributed by atoms with Crippen molar-refractivity contribution in [1.29, 1.82) is 0 Å². The molecule has 0 bridgehead atoms. The molecule has 0 spiro atoms. The molecule has 1 N–H and O–H groups in total. The number of aliphatic hydroxyl groups excluding tert-OH is 1. The molecule has 0 aromatic carbocycles. The van der Waals surface area contributed by atoms with Crippen molar-refractivity contribution in [2.75, 3.05) is 6.61 Å². The second kappa shape index (κ2) is 11.3. The fourth-order valence-corrected chi connectivity index (χ4v) is 2.97. The smallest absolute Gasteiger partial charge is 0.191 e. The Bertz CT molecular complexity index is 334. The van der Waals surface area contributed by atoms with Crippen molar-refractivity contribution < 1.29 is 9.53 Å². The minimum atomic E-state index is -1.61. The molecule has 0 heterocycles. The van der Waals surface area contributed by atoms with Gasteiger partial charge in [0.15, 0.2) is 8.32 Å². The third-order valence-corrected chi connectivity index (χ3v) is 9.10. The van der Waals surface area contributed by atoms with E-state index in [0.29, 0.717) is 0 Å². The summed E-state index contributed by atoms with van der Waals surface area (Å²) in [6.45, 7) is 14.4. The topological polar surface area (TPSA) is 29.5 Å². The normalized spacial score (nSPS) is 13.6. The lowest BCUT2D eigenvalue weighted by Gasteiger charge is -2.36. The maximum Gasteiger partial charge on any atom is 0.191 e. The van der Waals surface area contributed by atoms with E-state index in [2.05, 4.69) is 52.6 Å². The van der Waals surface area contributed by atoms with Gasteiger partial charge in [0.2, 0.25) is 0 Å². The molecule has 0 aromatic heterocycles. The van der Waals surface area contributed by atoms with Crippen LogP contribution in [0.15, 0.2) is 0 Å². The number of rotatable bonds is 10. The third kappa shape index (κ3) is 10.4. The van der Waals surface area contributed by atoms with E-state index < -0.39 is 14.4 Å². The zero-order valence-corrected chi connectivity index (χ0v) is 16.8. The Labute approximate surface area is 140 Å². The highest BCUT2D eigenvalue weighted by atomic mass is 28.4. The van der Waals surface area contributed by atoms with Crippen LogP contribution in [-0.4, -0.2) is 26.1 Å². The molecule has 0 aliphatic carbocycles. The van der Waals surface area contributed by atoms with Crippen LogP contribution in [0, 0.1) is 11.8 Å². The van der Waals surface area contributed by atoms with E-state index in [1.54, 1.807) is 0 Å². The highest BCUT2D eigenvalue weighted by molar-refractivity contribution is 6.74. The predicted octanol–water partition coefficient (Wildman–Crippen LogP) is 5.51. The fraction of sp³-hybridized carbons (Fsp3) is 0.895. The molecule has 2 nitrogen and oxygen atoms in total. The van der Waals surface area contributed by atoms with Crippen LogP contribution < -0.4 is 0 Å². The van der Waals surface area contributed by atoms with E-state index in [0.717, 1.165) is 38.7 Å². The van der Waals surface area contributed by atoms with Gasteiger partial charge in [0.25, 0.3) is 0 Å². The van der Waals surface area contributed by atoms with Crippen molar-refractivity contribution in [3.05, 3.63) is 0 Å². The molecule has 22 heavy (non-hydrogen) atoms. The molecule has 0 aromatic rings. The SMILES string of the molecule is CCCCCCC#CC(O)CCCCO[Si](C)(C)C(C)(C)C. The highest BCUT2D eigenvalue weighted by Crippen LogP contribution is 2.36. The first-order valence-electron chi connectivity index (χ1n) is 9.01. The molecule has 0 aliphatic rings. The van der Waals surface area contributed by atoms with E-state index >= 15 is 0 Å². The third-order valence-electron chi connectivity index (χ3n) is 4.56. The predicted molar refractivity (Wildman–Crippen MR) is 99.5 cm³/mol. The molecule has 3 heteroatoms. The van der Waals surface area contributed by atoms with E-state index in [-0.39, 0.29) is 5.04 Å². The molecule has 0 rings (SSSR count).